The summed E-state index contributed by atoms with van der Waals surface area (Å²) >= 11 is 1.96. The Kier molecular flexibility index (Phi) is 6.29. The Balaban J connectivity index is 1.56. The first-order chi connectivity index (χ1) is 8.79. The van der Waals surface area contributed by atoms with Gasteiger partial charge in [-0.1, -0.05) is 12.8 Å². The first kappa shape index (κ1) is 14.6. The molecular formula is C14H27NO2S. The van der Waals surface area contributed by atoms with Gasteiger partial charge in [-0.15, -0.1) is 0 Å². The lowest BCUT2D eigenvalue weighted by Gasteiger charge is -2.31. The van der Waals surface area contributed by atoms with E-state index >= 15 is 0 Å². The van der Waals surface area contributed by atoms with Crippen LogP contribution in [0.1, 0.15) is 38.5 Å². The largest absolute Gasteiger partial charge is 0.389 e. The molecule has 0 aromatic rings. The van der Waals surface area contributed by atoms with Crippen LogP contribution in [0.4, 0.5) is 0 Å². The van der Waals surface area contributed by atoms with Crippen LogP contribution in [0.2, 0.25) is 0 Å². The van der Waals surface area contributed by atoms with Crippen LogP contribution in [0.5, 0.6) is 0 Å². The van der Waals surface area contributed by atoms with E-state index in [1.54, 1.807) is 0 Å². The molecule has 3 atom stereocenters. The van der Waals surface area contributed by atoms with Gasteiger partial charge in [-0.25, -0.2) is 0 Å². The van der Waals surface area contributed by atoms with E-state index in [1.165, 1.54) is 38.5 Å². The summed E-state index contributed by atoms with van der Waals surface area (Å²) in [6, 6.07) is 0.576. The van der Waals surface area contributed by atoms with Gasteiger partial charge in [0, 0.05) is 24.4 Å². The maximum absolute atomic E-state index is 9.88. The Morgan fingerprint density at radius 1 is 1.28 bits per heavy atom. The minimum Gasteiger partial charge on any atom is -0.389 e. The van der Waals surface area contributed by atoms with Gasteiger partial charge >= 0.3 is 0 Å². The number of hydrogen-bond donors (Lipinski definition) is 2. The van der Waals surface area contributed by atoms with Gasteiger partial charge in [0.1, 0.15) is 0 Å². The molecule has 106 valence electrons. The lowest BCUT2D eigenvalue weighted by Crippen LogP contribution is -2.44. The van der Waals surface area contributed by atoms with Crippen LogP contribution in [0.25, 0.3) is 0 Å². The first-order valence-electron chi connectivity index (χ1n) is 7.31. The van der Waals surface area contributed by atoms with Gasteiger partial charge in [0.25, 0.3) is 0 Å². The van der Waals surface area contributed by atoms with Gasteiger partial charge in [-0.05, 0) is 37.9 Å². The molecular weight excluding hydrogens is 246 g/mol. The van der Waals surface area contributed by atoms with Crippen molar-refractivity contribution >= 4 is 11.8 Å². The smallest absolute Gasteiger partial charge is 0.0897 e. The summed E-state index contributed by atoms with van der Waals surface area (Å²) in [5, 5.41) is 14.1. The highest BCUT2D eigenvalue weighted by atomic mass is 32.2. The molecule has 0 aromatic carbocycles. The van der Waals surface area contributed by atoms with Crippen molar-refractivity contribution in [2.45, 2.75) is 55.9 Å². The van der Waals surface area contributed by atoms with Crippen LogP contribution >= 0.6 is 11.8 Å². The molecule has 2 aliphatic carbocycles. The van der Waals surface area contributed by atoms with Crippen molar-refractivity contribution in [3.63, 3.8) is 0 Å². The minimum absolute atomic E-state index is 0.354. The van der Waals surface area contributed by atoms with E-state index in [9.17, 15) is 5.11 Å². The summed E-state index contributed by atoms with van der Waals surface area (Å²) < 4.78 is 5.52. The first-order valence-corrected chi connectivity index (χ1v) is 8.60. The number of aliphatic hydroxyl groups is 1. The van der Waals surface area contributed by atoms with E-state index in [4.69, 9.17) is 4.74 Å². The number of aliphatic hydroxyl groups excluding tert-OH is 1. The van der Waals surface area contributed by atoms with Crippen molar-refractivity contribution in [1.82, 2.24) is 5.32 Å². The molecule has 0 saturated heterocycles. The second-order valence-corrected chi connectivity index (χ2v) is 6.78. The molecule has 18 heavy (non-hydrogen) atoms. The van der Waals surface area contributed by atoms with Crippen molar-refractivity contribution in [3.8, 4) is 0 Å². The van der Waals surface area contributed by atoms with Gasteiger partial charge in [-0.2, -0.15) is 11.8 Å². The Morgan fingerprint density at radius 2 is 2.06 bits per heavy atom. The van der Waals surface area contributed by atoms with E-state index in [0.29, 0.717) is 19.2 Å². The van der Waals surface area contributed by atoms with Crippen LogP contribution in [0.3, 0.4) is 0 Å². The molecule has 0 heterocycles. The zero-order chi connectivity index (χ0) is 12.8. The Morgan fingerprint density at radius 3 is 2.78 bits per heavy atom. The molecule has 2 saturated carbocycles. The minimum atomic E-state index is -0.354. The highest BCUT2D eigenvalue weighted by Gasteiger charge is 2.25. The van der Waals surface area contributed by atoms with Gasteiger partial charge in [-0.3, -0.25) is 0 Å². The molecule has 3 unspecified atom stereocenters. The Bertz CT molecular complexity index is 236. The number of rotatable bonds is 8. The van der Waals surface area contributed by atoms with Crippen LogP contribution in [-0.2, 0) is 4.74 Å². The van der Waals surface area contributed by atoms with Gasteiger partial charge in [0.05, 0.1) is 12.7 Å². The van der Waals surface area contributed by atoms with Gasteiger partial charge < -0.3 is 15.2 Å². The van der Waals surface area contributed by atoms with E-state index in [-0.39, 0.29) is 6.10 Å². The number of ether oxygens (including phenoxy) is 1. The topological polar surface area (TPSA) is 41.5 Å². The molecule has 2 N–H and O–H groups in total. The number of hydrogen-bond acceptors (Lipinski definition) is 4. The van der Waals surface area contributed by atoms with Crippen molar-refractivity contribution in [1.29, 1.82) is 0 Å². The summed E-state index contributed by atoms with van der Waals surface area (Å²) in [6.45, 7) is 2.00. The van der Waals surface area contributed by atoms with Crippen LogP contribution in [-0.4, -0.2) is 48.5 Å². The van der Waals surface area contributed by atoms with Crippen molar-refractivity contribution in [2.75, 3.05) is 26.0 Å². The Labute approximate surface area is 115 Å². The van der Waals surface area contributed by atoms with E-state index in [1.807, 2.05) is 11.8 Å². The lowest BCUT2D eigenvalue weighted by atomic mass is 9.95. The molecule has 2 aliphatic rings. The van der Waals surface area contributed by atoms with Crippen LogP contribution in [0, 0.1) is 5.92 Å². The average molecular weight is 273 g/mol. The number of thioether (sulfide) groups is 1. The number of nitrogens with one attached hydrogen (secondary N) is 1. The second-order valence-electron chi connectivity index (χ2n) is 5.71. The van der Waals surface area contributed by atoms with E-state index in [0.717, 1.165) is 17.8 Å². The zero-order valence-electron chi connectivity index (χ0n) is 11.4. The summed E-state index contributed by atoms with van der Waals surface area (Å²) in [6.07, 6.45) is 9.71. The van der Waals surface area contributed by atoms with Crippen molar-refractivity contribution in [2.24, 2.45) is 5.92 Å². The van der Waals surface area contributed by atoms with E-state index < -0.39 is 0 Å². The quantitative estimate of drug-likeness (QED) is 0.710. The molecule has 3 nitrogen and oxygen atoms in total. The predicted molar refractivity (Wildman–Crippen MR) is 77.1 cm³/mol. The summed E-state index contributed by atoms with van der Waals surface area (Å²) in [7, 11) is 0. The van der Waals surface area contributed by atoms with Crippen LogP contribution < -0.4 is 5.32 Å². The summed E-state index contributed by atoms with van der Waals surface area (Å²) in [5.74, 6) is 0.782. The summed E-state index contributed by atoms with van der Waals surface area (Å²) in [4.78, 5) is 0. The fourth-order valence-corrected chi connectivity index (χ4v) is 3.58. The van der Waals surface area contributed by atoms with Gasteiger partial charge in [0.2, 0.25) is 0 Å². The fraction of sp³-hybridized carbons (Fsp3) is 1.00. The molecule has 0 amide bonds. The molecule has 0 aromatic heterocycles. The maximum Gasteiger partial charge on any atom is 0.0897 e. The standard InChI is InChI=1S/C14H27NO2S/c1-18-14-5-3-2-4-13(14)15-8-12(16)10-17-9-11-6-7-11/h11-16H,2-10H2,1H3. The molecule has 4 heteroatoms. The zero-order valence-corrected chi connectivity index (χ0v) is 12.3. The highest BCUT2D eigenvalue weighted by Crippen LogP contribution is 2.29. The highest BCUT2D eigenvalue weighted by molar-refractivity contribution is 7.99. The molecule has 2 fully saturated rings. The maximum atomic E-state index is 9.88. The average Bonchev–Trinajstić information content (AvgIpc) is 3.21. The van der Waals surface area contributed by atoms with Crippen molar-refractivity contribution < 1.29 is 9.84 Å². The molecule has 0 aliphatic heterocycles. The second kappa shape index (κ2) is 7.73. The third-order valence-electron chi connectivity index (χ3n) is 3.98. The molecule has 0 spiro atoms. The lowest BCUT2D eigenvalue weighted by molar-refractivity contribution is 0.0308. The third kappa shape index (κ3) is 5.08. The van der Waals surface area contributed by atoms with Gasteiger partial charge in [0.15, 0.2) is 0 Å². The SMILES string of the molecule is CSC1CCCCC1NCC(O)COCC1CC1. The third-order valence-corrected chi connectivity index (χ3v) is 5.15. The Hall–Kier alpha value is 0.230. The fourth-order valence-electron chi connectivity index (χ4n) is 2.61. The van der Waals surface area contributed by atoms with E-state index in [2.05, 4.69) is 11.6 Å². The molecule has 0 radical (unpaired) electrons. The monoisotopic (exact) mass is 273 g/mol. The molecule has 2 rings (SSSR count). The summed E-state index contributed by atoms with van der Waals surface area (Å²) in [5.41, 5.74) is 0. The normalized spacial score (nSPS) is 30.3. The molecule has 0 bridgehead atoms. The van der Waals surface area contributed by atoms with Crippen LogP contribution in [0.15, 0.2) is 0 Å². The predicted octanol–water partition coefficient (Wildman–Crippen LogP) is 2.04. The van der Waals surface area contributed by atoms with Crippen molar-refractivity contribution in [3.05, 3.63) is 0 Å².